The van der Waals surface area contributed by atoms with Gasteiger partial charge in [0.25, 0.3) is 0 Å². The molecule has 0 amide bonds. The first-order chi connectivity index (χ1) is 9.87. The number of hydrogen-bond donors (Lipinski definition) is 2. The number of nitrogens with two attached hydrogens (primary N) is 1. The van der Waals surface area contributed by atoms with Gasteiger partial charge in [-0.25, -0.2) is 13.1 Å². The molecule has 0 bridgehead atoms. The molecule has 1 aromatic rings. The Morgan fingerprint density at radius 1 is 1.43 bits per heavy atom. The third-order valence-corrected chi connectivity index (χ3v) is 5.40. The van der Waals surface area contributed by atoms with Gasteiger partial charge in [0, 0.05) is 13.2 Å². The van der Waals surface area contributed by atoms with Crippen molar-refractivity contribution in [3.05, 3.63) is 24.3 Å². The fourth-order valence-electron chi connectivity index (χ4n) is 2.23. The van der Waals surface area contributed by atoms with Crippen LogP contribution >= 0.6 is 0 Å². The van der Waals surface area contributed by atoms with Crippen LogP contribution in [0.15, 0.2) is 29.2 Å². The SMILES string of the molecule is CC1OCCC1(C)NS(=O)(=O)c1ccc(OCCN)cc1. The highest BCUT2D eigenvalue weighted by Gasteiger charge is 2.40. The molecule has 2 unspecified atom stereocenters. The Kier molecular flexibility index (Phi) is 4.88. The molecule has 3 N–H and O–H groups in total. The minimum Gasteiger partial charge on any atom is -0.492 e. The Morgan fingerprint density at radius 3 is 2.62 bits per heavy atom. The monoisotopic (exact) mass is 314 g/mol. The van der Waals surface area contributed by atoms with Crippen molar-refractivity contribution in [2.24, 2.45) is 5.73 Å². The molecule has 0 aromatic heterocycles. The van der Waals surface area contributed by atoms with Crippen LogP contribution in [0.4, 0.5) is 0 Å². The van der Waals surface area contributed by atoms with E-state index in [9.17, 15) is 8.42 Å². The third kappa shape index (κ3) is 3.74. The molecule has 0 spiro atoms. The van der Waals surface area contributed by atoms with Crippen LogP contribution in [0.5, 0.6) is 5.75 Å². The Morgan fingerprint density at radius 2 is 2.10 bits per heavy atom. The molecule has 1 aliphatic heterocycles. The summed E-state index contributed by atoms with van der Waals surface area (Å²) in [5.41, 5.74) is 4.78. The van der Waals surface area contributed by atoms with Crippen LogP contribution in [0.25, 0.3) is 0 Å². The minimum absolute atomic E-state index is 0.153. The van der Waals surface area contributed by atoms with E-state index in [2.05, 4.69) is 4.72 Å². The molecule has 1 fully saturated rings. The summed E-state index contributed by atoms with van der Waals surface area (Å²) in [6.07, 6.45) is 0.505. The lowest BCUT2D eigenvalue weighted by molar-refractivity contribution is 0.0957. The van der Waals surface area contributed by atoms with Crippen molar-refractivity contribution < 1.29 is 17.9 Å². The average molecular weight is 314 g/mol. The molecule has 6 nitrogen and oxygen atoms in total. The summed E-state index contributed by atoms with van der Waals surface area (Å²) in [5, 5.41) is 0. The maximum atomic E-state index is 12.4. The smallest absolute Gasteiger partial charge is 0.241 e. The standard InChI is InChI=1S/C14H22N2O4S/c1-11-14(2,7-9-19-11)16-21(17,18)13-5-3-12(4-6-13)20-10-8-15/h3-6,11,16H,7-10,15H2,1-2H3. The topological polar surface area (TPSA) is 90.6 Å². The summed E-state index contributed by atoms with van der Waals surface area (Å²) in [7, 11) is -3.58. The first kappa shape index (κ1) is 16.2. The van der Waals surface area contributed by atoms with E-state index in [0.29, 0.717) is 31.9 Å². The van der Waals surface area contributed by atoms with E-state index < -0.39 is 15.6 Å². The molecule has 0 aliphatic carbocycles. The molecule has 21 heavy (non-hydrogen) atoms. The van der Waals surface area contributed by atoms with Crippen molar-refractivity contribution in [2.75, 3.05) is 19.8 Å². The molecule has 2 atom stereocenters. The largest absolute Gasteiger partial charge is 0.492 e. The molecule has 7 heteroatoms. The van der Waals surface area contributed by atoms with Gasteiger partial charge in [0.2, 0.25) is 10.0 Å². The normalized spacial score (nSPS) is 26.0. The molecule has 1 saturated heterocycles. The summed E-state index contributed by atoms with van der Waals surface area (Å²) in [5.74, 6) is 0.600. The molecule has 2 rings (SSSR count). The molecule has 0 saturated carbocycles. The highest BCUT2D eigenvalue weighted by molar-refractivity contribution is 7.89. The maximum Gasteiger partial charge on any atom is 0.241 e. The maximum absolute atomic E-state index is 12.4. The predicted octanol–water partition coefficient (Wildman–Crippen LogP) is 0.870. The van der Waals surface area contributed by atoms with E-state index in [-0.39, 0.29) is 11.0 Å². The third-order valence-electron chi connectivity index (χ3n) is 3.77. The van der Waals surface area contributed by atoms with E-state index in [1.54, 1.807) is 12.1 Å². The van der Waals surface area contributed by atoms with E-state index in [4.69, 9.17) is 15.2 Å². The van der Waals surface area contributed by atoms with Gasteiger partial charge in [-0.2, -0.15) is 0 Å². The zero-order valence-corrected chi connectivity index (χ0v) is 13.2. The molecular weight excluding hydrogens is 292 g/mol. The zero-order valence-electron chi connectivity index (χ0n) is 12.3. The number of hydrogen-bond acceptors (Lipinski definition) is 5. The Labute approximate surface area is 125 Å². The van der Waals surface area contributed by atoms with E-state index in [1.807, 2.05) is 13.8 Å². The van der Waals surface area contributed by atoms with Gasteiger partial charge in [-0.1, -0.05) is 0 Å². The van der Waals surface area contributed by atoms with Crippen LogP contribution in [0.1, 0.15) is 20.3 Å². The Balaban J connectivity index is 2.12. The average Bonchev–Trinajstić information content (AvgIpc) is 2.75. The van der Waals surface area contributed by atoms with Crippen molar-refractivity contribution in [3.8, 4) is 5.75 Å². The lowest BCUT2D eigenvalue weighted by Crippen LogP contribution is -2.50. The number of rotatable bonds is 6. The fraction of sp³-hybridized carbons (Fsp3) is 0.571. The Hall–Kier alpha value is -1.15. The summed E-state index contributed by atoms with van der Waals surface area (Å²) in [6.45, 7) is 5.11. The second-order valence-electron chi connectivity index (χ2n) is 5.39. The quantitative estimate of drug-likeness (QED) is 0.813. The lowest BCUT2D eigenvalue weighted by Gasteiger charge is -2.28. The van der Waals surface area contributed by atoms with E-state index in [1.165, 1.54) is 12.1 Å². The van der Waals surface area contributed by atoms with Crippen molar-refractivity contribution in [1.82, 2.24) is 4.72 Å². The summed E-state index contributed by atoms with van der Waals surface area (Å²) in [4.78, 5) is 0.211. The summed E-state index contributed by atoms with van der Waals surface area (Å²) in [6, 6.07) is 6.30. The van der Waals surface area contributed by atoms with Crippen LogP contribution in [0.3, 0.4) is 0 Å². The van der Waals surface area contributed by atoms with Crippen molar-refractivity contribution in [1.29, 1.82) is 0 Å². The summed E-state index contributed by atoms with van der Waals surface area (Å²) < 4.78 is 38.4. The fourth-order valence-corrected chi connectivity index (χ4v) is 3.72. The second-order valence-corrected chi connectivity index (χ2v) is 7.08. The van der Waals surface area contributed by atoms with Crippen LogP contribution in [-0.2, 0) is 14.8 Å². The van der Waals surface area contributed by atoms with Gasteiger partial charge < -0.3 is 15.2 Å². The van der Waals surface area contributed by atoms with Gasteiger partial charge in [-0.15, -0.1) is 0 Å². The van der Waals surface area contributed by atoms with Crippen LogP contribution in [0.2, 0.25) is 0 Å². The van der Waals surface area contributed by atoms with Gasteiger partial charge >= 0.3 is 0 Å². The molecule has 0 radical (unpaired) electrons. The molecular formula is C14H22N2O4S. The van der Waals surface area contributed by atoms with E-state index in [0.717, 1.165) is 0 Å². The highest BCUT2D eigenvalue weighted by Crippen LogP contribution is 2.27. The first-order valence-corrected chi connectivity index (χ1v) is 8.44. The van der Waals surface area contributed by atoms with Gasteiger partial charge in [0.15, 0.2) is 0 Å². The van der Waals surface area contributed by atoms with Crippen molar-refractivity contribution in [2.45, 2.75) is 36.8 Å². The number of nitrogens with one attached hydrogen (secondary N) is 1. The highest BCUT2D eigenvalue weighted by atomic mass is 32.2. The number of ether oxygens (including phenoxy) is 2. The van der Waals surface area contributed by atoms with Crippen LogP contribution < -0.4 is 15.2 Å². The zero-order chi connectivity index (χ0) is 15.5. The van der Waals surface area contributed by atoms with Gasteiger partial charge in [-0.3, -0.25) is 0 Å². The Bertz CT molecular complexity index is 573. The van der Waals surface area contributed by atoms with Gasteiger partial charge in [-0.05, 0) is 44.5 Å². The van der Waals surface area contributed by atoms with Gasteiger partial charge in [0.1, 0.15) is 12.4 Å². The number of sulfonamides is 1. The van der Waals surface area contributed by atoms with Crippen molar-refractivity contribution >= 4 is 10.0 Å². The molecule has 118 valence electrons. The predicted molar refractivity (Wildman–Crippen MR) is 79.7 cm³/mol. The molecule has 1 aromatic carbocycles. The first-order valence-electron chi connectivity index (χ1n) is 6.96. The van der Waals surface area contributed by atoms with Crippen LogP contribution in [0, 0.1) is 0 Å². The molecule has 1 heterocycles. The lowest BCUT2D eigenvalue weighted by atomic mass is 9.97. The second kappa shape index (κ2) is 6.31. The van der Waals surface area contributed by atoms with Crippen molar-refractivity contribution in [3.63, 3.8) is 0 Å². The summed E-state index contributed by atoms with van der Waals surface area (Å²) >= 11 is 0. The molecule has 1 aliphatic rings. The van der Waals surface area contributed by atoms with Gasteiger partial charge in [0.05, 0.1) is 16.5 Å². The van der Waals surface area contributed by atoms with Crippen LogP contribution in [-0.4, -0.2) is 39.8 Å². The minimum atomic E-state index is -3.58. The van der Waals surface area contributed by atoms with E-state index >= 15 is 0 Å². The number of benzene rings is 1.